The summed E-state index contributed by atoms with van der Waals surface area (Å²) >= 11 is 17.9. The van der Waals surface area contributed by atoms with Crippen LogP contribution in [0, 0.1) is 0 Å². The van der Waals surface area contributed by atoms with Gasteiger partial charge in [0.1, 0.15) is 0 Å². The fourth-order valence-corrected chi connectivity index (χ4v) is 3.69. The van der Waals surface area contributed by atoms with Gasteiger partial charge in [0.25, 0.3) is 5.91 Å². The zero-order valence-electron chi connectivity index (χ0n) is 13.9. The van der Waals surface area contributed by atoms with Crippen molar-refractivity contribution in [2.75, 3.05) is 26.2 Å². The highest BCUT2D eigenvalue weighted by Crippen LogP contribution is 2.21. The van der Waals surface area contributed by atoms with Crippen LogP contribution < -0.4 is 0 Å². The highest BCUT2D eigenvalue weighted by Gasteiger charge is 2.25. The van der Waals surface area contributed by atoms with Gasteiger partial charge in [0, 0.05) is 46.8 Å². The molecule has 1 aliphatic rings. The van der Waals surface area contributed by atoms with Crippen molar-refractivity contribution in [1.82, 2.24) is 9.80 Å². The van der Waals surface area contributed by atoms with Crippen molar-refractivity contribution < 1.29 is 9.59 Å². The summed E-state index contributed by atoms with van der Waals surface area (Å²) in [4.78, 5) is 28.5. The number of hydrogen-bond donors (Lipinski definition) is 0. The minimum Gasteiger partial charge on any atom is -0.339 e. The summed E-state index contributed by atoms with van der Waals surface area (Å²) < 4.78 is 0. The molecule has 0 atom stereocenters. The summed E-state index contributed by atoms with van der Waals surface area (Å²) in [5.74, 6) is -0.0958. The summed E-state index contributed by atoms with van der Waals surface area (Å²) in [5.41, 5.74) is 1.34. The van der Waals surface area contributed by atoms with Gasteiger partial charge in [0.15, 0.2) is 0 Å². The molecule has 136 valence electrons. The molecule has 1 heterocycles. The van der Waals surface area contributed by atoms with E-state index in [1.54, 1.807) is 40.1 Å². The lowest BCUT2D eigenvalue weighted by molar-refractivity contribution is -0.131. The van der Waals surface area contributed by atoms with Crippen molar-refractivity contribution in [3.05, 3.63) is 68.7 Å². The van der Waals surface area contributed by atoms with E-state index in [1.165, 1.54) is 0 Å². The van der Waals surface area contributed by atoms with Gasteiger partial charge in [0.2, 0.25) is 5.91 Å². The Hall–Kier alpha value is -1.75. The Bertz CT molecular complexity index is 813. The Labute approximate surface area is 167 Å². The first-order chi connectivity index (χ1) is 12.4. The quantitative estimate of drug-likeness (QED) is 0.760. The summed E-state index contributed by atoms with van der Waals surface area (Å²) in [5, 5.41) is 1.47. The van der Waals surface area contributed by atoms with E-state index in [2.05, 4.69) is 0 Å². The zero-order chi connectivity index (χ0) is 18.7. The fourth-order valence-electron chi connectivity index (χ4n) is 2.95. The average Bonchev–Trinajstić information content (AvgIpc) is 2.60. The standard InChI is InChI=1S/C19H17Cl3N2O2/c20-15-3-1-2-13(8-15)9-18(25)23-4-6-24(7-5-23)19(26)14-10-16(21)12-17(22)11-14/h1-3,8,10-12H,4-7,9H2. The van der Waals surface area contributed by atoms with Crippen molar-refractivity contribution in [2.45, 2.75) is 6.42 Å². The van der Waals surface area contributed by atoms with E-state index in [9.17, 15) is 9.59 Å². The SMILES string of the molecule is O=C(Cc1cccc(Cl)c1)N1CCN(C(=O)c2cc(Cl)cc(Cl)c2)CC1. The van der Waals surface area contributed by atoms with Crippen LogP contribution >= 0.6 is 34.8 Å². The molecule has 0 spiro atoms. The summed E-state index contributed by atoms with van der Waals surface area (Å²) in [7, 11) is 0. The number of halogens is 3. The van der Waals surface area contributed by atoms with Crippen molar-refractivity contribution in [2.24, 2.45) is 0 Å². The Balaban J connectivity index is 1.58. The highest BCUT2D eigenvalue weighted by molar-refractivity contribution is 6.35. The van der Waals surface area contributed by atoms with Gasteiger partial charge in [-0.1, -0.05) is 46.9 Å². The second kappa shape index (κ2) is 8.30. The normalized spacial score (nSPS) is 14.4. The molecule has 0 saturated carbocycles. The molecule has 1 aliphatic heterocycles. The van der Waals surface area contributed by atoms with Crippen molar-refractivity contribution in [3.63, 3.8) is 0 Å². The maximum Gasteiger partial charge on any atom is 0.254 e. The first-order valence-electron chi connectivity index (χ1n) is 8.20. The molecular formula is C19H17Cl3N2O2. The Morgan fingerprint density at radius 3 is 2.04 bits per heavy atom. The predicted molar refractivity (Wildman–Crippen MR) is 104 cm³/mol. The van der Waals surface area contributed by atoms with Crippen LogP contribution in [-0.4, -0.2) is 47.8 Å². The molecule has 3 rings (SSSR count). The van der Waals surface area contributed by atoms with Crippen molar-refractivity contribution in [3.8, 4) is 0 Å². The third-order valence-electron chi connectivity index (χ3n) is 4.27. The summed E-state index contributed by atoms with van der Waals surface area (Å²) in [6.45, 7) is 1.95. The van der Waals surface area contributed by atoms with Crippen LogP contribution in [0.4, 0.5) is 0 Å². The molecule has 0 radical (unpaired) electrons. The van der Waals surface area contributed by atoms with Gasteiger partial charge in [-0.25, -0.2) is 0 Å². The van der Waals surface area contributed by atoms with Gasteiger partial charge in [0.05, 0.1) is 6.42 Å². The average molecular weight is 412 g/mol. The van der Waals surface area contributed by atoms with Gasteiger partial charge in [-0.3, -0.25) is 9.59 Å². The molecule has 0 unspecified atom stereocenters. The van der Waals surface area contributed by atoms with Crippen LogP contribution in [-0.2, 0) is 11.2 Å². The Kier molecular flexibility index (Phi) is 6.07. The van der Waals surface area contributed by atoms with E-state index in [4.69, 9.17) is 34.8 Å². The summed E-state index contributed by atoms with van der Waals surface area (Å²) in [6, 6.07) is 12.1. The number of carbonyl (C=O) groups is 2. The van der Waals surface area contributed by atoms with Gasteiger partial charge < -0.3 is 9.80 Å². The van der Waals surface area contributed by atoms with Crippen LogP contribution in [0.1, 0.15) is 15.9 Å². The molecule has 0 bridgehead atoms. The number of hydrogen-bond acceptors (Lipinski definition) is 2. The Morgan fingerprint density at radius 2 is 1.42 bits per heavy atom. The molecule has 2 aromatic carbocycles. The van der Waals surface area contributed by atoms with Crippen molar-refractivity contribution in [1.29, 1.82) is 0 Å². The molecule has 2 aromatic rings. The number of piperazine rings is 1. The van der Waals surface area contributed by atoms with E-state index in [-0.39, 0.29) is 11.8 Å². The molecule has 1 saturated heterocycles. The van der Waals surface area contributed by atoms with Crippen molar-refractivity contribution >= 4 is 46.6 Å². The molecular weight excluding hydrogens is 395 g/mol. The summed E-state index contributed by atoms with van der Waals surface area (Å²) in [6.07, 6.45) is 0.304. The van der Waals surface area contributed by atoms with Gasteiger partial charge in [-0.05, 0) is 35.9 Å². The van der Waals surface area contributed by atoms with E-state index in [0.29, 0.717) is 53.2 Å². The third kappa shape index (κ3) is 4.70. The second-order valence-corrected chi connectivity index (χ2v) is 7.45. The van der Waals surface area contributed by atoms with Crippen LogP contribution in [0.15, 0.2) is 42.5 Å². The number of nitrogens with zero attached hydrogens (tertiary/aromatic N) is 2. The molecule has 0 aromatic heterocycles. The van der Waals surface area contributed by atoms with Gasteiger partial charge in [-0.15, -0.1) is 0 Å². The molecule has 0 N–H and O–H groups in total. The van der Waals surface area contributed by atoms with Gasteiger partial charge >= 0.3 is 0 Å². The van der Waals surface area contributed by atoms with Crippen LogP contribution in [0.25, 0.3) is 0 Å². The predicted octanol–water partition coefficient (Wildman–Crippen LogP) is 4.17. The van der Waals surface area contributed by atoms with Gasteiger partial charge in [-0.2, -0.15) is 0 Å². The topological polar surface area (TPSA) is 40.6 Å². The minimum atomic E-state index is -0.128. The highest BCUT2D eigenvalue weighted by atomic mass is 35.5. The lowest BCUT2D eigenvalue weighted by atomic mass is 10.1. The smallest absolute Gasteiger partial charge is 0.254 e. The number of carbonyl (C=O) groups excluding carboxylic acids is 2. The maximum absolute atomic E-state index is 12.6. The van der Waals surface area contributed by atoms with E-state index < -0.39 is 0 Å². The van der Waals surface area contributed by atoms with E-state index in [1.807, 2.05) is 12.1 Å². The molecule has 0 aliphatic carbocycles. The lowest BCUT2D eigenvalue weighted by Gasteiger charge is -2.35. The lowest BCUT2D eigenvalue weighted by Crippen LogP contribution is -2.51. The molecule has 7 heteroatoms. The second-order valence-electron chi connectivity index (χ2n) is 6.14. The van der Waals surface area contributed by atoms with Crippen LogP contribution in [0.2, 0.25) is 15.1 Å². The molecule has 26 heavy (non-hydrogen) atoms. The fraction of sp³-hybridized carbons (Fsp3) is 0.263. The number of rotatable bonds is 3. The third-order valence-corrected chi connectivity index (χ3v) is 4.95. The minimum absolute atomic E-state index is 0.0326. The molecule has 1 fully saturated rings. The van der Waals surface area contributed by atoms with Crippen LogP contribution in [0.5, 0.6) is 0 Å². The molecule has 2 amide bonds. The number of amides is 2. The van der Waals surface area contributed by atoms with E-state index in [0.717, 1.165) is 5.56 Å². The van der Waals surface area contributed by atoms with E-state index >= 15 is 0 Å². The van der Waals surface area contributed by atoms with Crippen LogP contribution in [0.3, 0.4) is 0 Å². The number of benzene rings is 2. The maximum atomic E-state index is 12.6. The first-order valence-corrected chi connectivity index (χ1v) is 9.33. The zero-order valence-corrected chi connectivity index (χ0v) is 16.2. The monoisotopic (exact) mass is 410 g/mol. The first kappa shape index (κ1) is 19.0. The molecule has 4 nitrogen and oxygen atoms in total. The largest absolute Gasteiger partial charge is 0.339 e. The Morgan fingerprint density at radius 1 is 0.808 bits per heavy atom.